The van der Waals surface area contributed by atoms with Gasteiger partial charge in [0.2, 0.25) is 5.89 Å². The summed E-state index contributed by atoms with van der Waals surface area (Å²) in [5.41, 5.74) is 5.20. The van der Waals surface area contributed by atoms with Gasteiger partial charge in [-0.05, 0) is 41.6 Å². The van der Waals surface area contributed by atoms with Crippen LogP contribution in [0.5, 0.6) is 0 Å². The van der Waals surface area contributed by atoms with Crippen LogP contribution in [0, 0.1) is 10.5 Å². The van der Waals surface area contributed by atoms with Gasteiger partial charge in [0, 0.05) is 14.7 Å². The quantitative estimate of drug-likeness (QED) is 0.338. The third kappa shape index (κ3) is 3.24. The first kappa shape index (κ1) is 16.1. The van der Waals surface area contributed by atoms with Crippen LogP contribution in [0.2, 0.25) is 0 Å². The molecular formula is C22H16INO. The average molecular weight is 437 g/mol. The summed E-state index contributed by atoms with van der Waals surface area (Å²) in [5, 5.41) is 0. The van der Waals surface area contributed by atoms with Gasteiger partial charge in [-0.2, -0.15) is 0 Å². The van der Waals surface area contributed by atoms with E-state index >= 15 is 0 Å². The first-order valence-corrected chi connectivity index (χ1v) is 9.18. The molecule has 0 amide bonds. The van der Waals surface area contributed by atoms with Gasteiger partial charge in [0.15, 0.2) is 5.76 Å². The number of hydrogen-bond donors (Lipinski definition) is 0. The van der Waals surface area contributed by atoms with Crippen LogP contribution in [0.15, 0.2) is 83.3 Å². The fourth-order valence-electron chi connectivity index (χ4n) is 2.81. The topological polar surface area (TPSA) is 26.0 Å². The van der Waals surface area contributed by atoms with E-state index in [1.54, 1.807) is 0 Å². The molecule has 122 valence electrons. The molecule has 0 saturated heterocycles. The van der Waals surface area contributed by atoms with Gasteiger partial charge in [-0.1, -0.05) is 72.3 Å². The van der Waals surface area contributed by atoms with Crippen molar-refractivity contribution in [2.24, 2.45) is 0 Å². The largest absolute Gasteiger partial charge is 0.435 e. The van der Waals surface area contributed by atoms with Crippen molar-refractivity contribution in [2.45, 2.75) is 6.92 Å². The maximum atomic E-state index is 6.25. The summed E-state index contributed by atoms with van der Waals surface area (Å²) in [5.74, 6) is 1.46. The Morgan fingerprint density at radius 1 is 0.800 bits per heavy atom. The molecule has 4 aromatic rings. The van der Waals surface area contributed by atoms with Crippen LogP contribution in [-0.4, -0.2) is 4.98 Å². The molecule has 3 heteroatoms. The summed E-state index contributed by atoms with van der Waals surface area (Å²) >= 11 is 2.34. The number of hydrogen-bond acceptors (Lipinski definition) is 2. The lowest BCUT2D eigenvalue weighted by Crippen LogP contribution is -1.85. The molecule has 1 aromatic heterocycles. The Bertz CT molecular complexity index is 950. The fraction of sp³-hybridized carbons (Fsp3) is 0.0455. The van der Waals surface area contributed by atoms with Gasteiger partial charge in [0.05, 0.1) is 5.56 Å². The van der Waals surface area contributed by atoms with Crippen LogP contribution in [0.3, 0.4) is 0 Å². The van der Waals surface area contributed by atoms with Crippen LogP contribution in [0.25, 0.3) is 34.0 Å². The molecule has 0 aliphatic heterocycles. The lowest BCUT2D eigenvalue weighted by atomic mass is 10.1. The van der Waals surface area contributed by atoms with E-state index in [2.05, 4.69) is 72.0 Å². The minimum absolute atomic E-state index is 0.655. The van der Waals surface area contributed by atoms with Crippen LogP contribution in [0.4, 0.5) is 0 Å². The zero-order valence-corrected chi connectivity index (χ0v) is 15.9. The number of halogens is 1. The highest BCUT2D eigenvalue weighted by Crippen LogP contribution is 2.37. The highest BCUT2D eigenvalue weighted by atomic mass is 127. The number of aromatic nitrogens is 1. The molecule has 0 spiro atoms. The maximum absolute atomic E-state index is 6.25. The molecule has 4 rings (SSSR count). The molecule has 0 atom stereocenters. The third-order valence-electron chi connectivity index (χ3n) is 4.07. The Morgan fingerprint density at radius 2 is 1.44 bits per heavy atom. The molecule has 0 saturated carbocycles. The standard InChI is InChI=1S/C22H16INO/c1-15-12-13-18(19(23)14-15)22-24-20(16-8-4-2-5-9-16)21(25-22)17-10-6-3-7-11-17/h2-14H,1H3. The molecule has 0 bridgehead atoms. The minimum atomic E-state index is 0.655. The average Bonchev–Trinajstić information content (AvgIpc) is 3.08. The van der Waals surface area contributed by atoms with E-state index < -0.39 is 0 Å². The summed E-state index contributed by atoms with van der Waals surface area (Å²) < 4.78 is 7.38. The number of nitrogens with zero attached hydrogens (tertiary/aromatic N) is 1. The van der Waals surface area contributed by atoms with Crippen molar-refractivity contribution in [2.75, 3.05) is 0 Å². The highest BCUT2D eigenvalue weighted by Gasteiger charge is 2.19. The molecule has 25 heavy (non-hydrogen) atoms. The van der Waals surface area contributed by atoms with E-state index in [0.717, 1.165) is 31.7 Å². The third-order valence-corrected chi connectivity index (χ3v) is 4.96. The lowest BCUT2D eigenvalue weighted by molar-refractivity contribution is 0.588. The van der Waals surface area contributed by atoms with Crippen molar-refractivity contribution in [1.82, 2.24) is 4.98 Å². The van der Waals surface area contributed by atoms with E-state index in [1.807, 2.05) is 36.4 Å². The predicted octanol–water partition coefficient (Wildman–Crippen LogP) is 6.59. The first-order chi connectivity index (χ1) is 12.2. The van der Waals surface area contributed by atoms with Crippen molar-refractivity contribution in [3.63, 3.8) is 0 Å². The molecule has 3 aromatic carbocycles. The van der Waals surface area contributed by atoms with Crippen LogP contribution < -0.4 is 0 Å². The number of benzene rings is 3. The van der Waals surface area contributed by atoms with Gasteiger partial charge in [-0.3, -0.25) is 0 Å². The lowest BCUT2D eigenvalue weighted by Gasteiger charge is -2.01. The van der Waals surface area contributed by atoms with Crippen molar-refractivity contribution in [3.8, 4) is 34.0 Å². The van der Waals surface area contributed by atoms with Crippen molar-refractivity contribution >= 4 is 22.6 Å². The molecule has 1 heterocycles. The van der Waals surface area contributed by atoms with Gasteiger partial charge in [0.1, 0.15) is 5.69 Å². The van der Waals surface area contributed by atoms with Gasteiger partial charge < -0.3 is 4.42 Å². The molecule has 0 fully saturated rings. The second-order valence-electron chi connectivity index (χ2n) is 5.91. The van der Waals surface area contributed by atoms with E-state index in [4.69, 9.17) is 9.40 Å². The Hall–Kier alpha value is -2.40. The summed E-state index contributed by atoms with van der Waals surface area (Å²) in [7, 11) is 0. The highest BCUT2D eigenvalue weighted by molar-refractivity contribution is 14.1. The van der Waals surface area contributed by atoms with E-state index in [1.165, 1.54) is 5.56 Å². The van der Waals surface area contributed by atoms with Crippen molar-refractivity contribution in [1.29, 1.82) is 0 Å². The Morgan fingerprint density at radius 3 is 2.08 bits per heavy atom. The molecule has 0 unspecified atom stereocenters. The van der Waals surface area contributed by atoms with Crippen LogP contribution in [-0.2, 0) is 0 Å². The fourth-order valence-corrected chi connectivity index (χ4v) is 3.71. The van der Waals surface area contributed by atoms with Crippen molar-refractivity contribution < 1.29 is 4.42 Å². The van der Waals surface area contributed by atoms with Gasteiger partial charge in [0.25, 0.3) is 0 Å². The Kier molecular flexibility index (Phi) is 4.40. The predicted molar refractivity (Wildman–Crippen MR) is 110 cm³/mol. The summed E-state index contributed by atoms with van der Waals surface area (Å²) in [6.45, 7) is 2.09. The Balaban J connectivity index is 1.92. The van der Waals surface area contributed by atoms with E-state index in [-0.39, 0.29) is 0 Å². The van der Waals surface area contributed by atoms with Crippen molar-refractivity contribution in [3.05, 3.63) is 88.0 Å². The maximum Gasteiger partial charge on any atom is 0.228 e. The number of rotatable bonds is 3. The second kappa shape index (κ2) is 6.84. The number of aryl methyl sites for hydroxylation is 1. The van der Waals surface area contributed by atoms with Crippen LogP contribution in [0.1, 0.15) is 5.56 Å². The number of oxazole rings is 1. The minimum Gasteiger partial charge on any atom is -0.435 e. The zero-order chi connectivity index (χ0) is 17.2. The normalized spacial score (nSPS) is 10.8. The molecule has 0 N–H and O–H groups in total. The molecule has 0 aliphatic carbocycles. The van der Waals surface area contributed by atoms with Gasteiger partial charge >= 0.3 is 0 Å². The summed E-state index contributed by atoms with van der Waals surface area (Å²) in [6, 6.07) is 26.6. The van der Waals surface area contributed by atoms with Crippen LogP contribution >= 0.6 is 22.6 Å². The molecular weight excluding hydrogens is 421 g/mol. The van der Waals surface area contributed by atoms with Gasteiger partial charge in [-0.25, -0.2) is 4.98 Å². The zero-order valence-electron chi connectivity index (χ0n) is 13.7. The molecule has 0 aliphatic rings. The first-order valence-electron chi connectivity index (χ1n) is 8.10. The smallest absolute Gasteiger partial charge is 0.228 e. The van der Waals surface area contributed by atoms with E-state index in [0.29, 0.717) is 5.89 Å². The SMILES string of the molecule is Cc1ccc(-c2nc(-c3ccccc3)c(-c3ccccc3)o2)c(I)c1. The monoisotopic (exact) mass is 437 g/mol. The molecule has 0 radical (unpaired) electrons. The second-order valence-corrected chi connectivity index (χ2v) is 7.07. The Labute approximate surface area is 160 Å². The molecule has 2 nitrogen and oxygen atoms in total. The summed E-state index contributed by atoms with van der Waals surface area (Å²) in [6.07, 6.45) is 0. The van der Waals surface area contributed by atoms with Gasteiger partial charge in [-0.15, -0.1) is 0 Å². The van der Waals surface area contributed by atoms with E-state index in [9.17, 15) is 0 Å². The summed E-state index contributed by atoms with van der Waals surface area (Å²) in [4.78, 5) is 4.85.